The van der Waals surface area contributed by atoms with Gasteiger partial charge in [0.25, 0.3) is 0 Å². The first kappa shape index (κ1) is 17.7. The normalized spacial score (nSPS) is 24.3. The molecule has 0 amide bonds. The van der Waals surface area contributed by atoms with E-state index >= 15 is 0 Å². The summed E-state index contributed by atoms with van der Waals surface area (Å²) in [6, 6.07) is 0. The lowest BCUT2D eigenvalue weighted by Crippen LogP contribution is -2.50. The van der Waals surface area contributed by atoms with Gasteiger partial charge in [-0.15, -0.1) is 0 Å². The van der Waals surface area contributed by atoms with Crippen LogP contribution in [0.15, 0.2) is 0 Å². The highest BCUT2D eigenvalue weighted by Crippen LogP contribution is 2.30. The number of nitrogens with zero attached hydrogens (tertiary/aromatic N) is 1. The molecule has 1 atom stereocenters. The molecular formula is C14H27F3N2O. The minimum Gasteiger partial charge on any atom is -0.381 e. The van der Waals surface area contributed by atoms with E-state index in [2.05, 4.69) is 5.32 Å². The average Bonchev–Trinajstić information content (AvgIpc) is 2.36. The number of ether oxygens (including phenoxy) is 1. The molecule has 0 aromatic heterocycles. The Labute approximate surface area is 119 Å². The van der Waals surface area contributed by atoms with Crippen LogP contribution in [0.25, 0.3) is 0 Å². The average molecular weight is 296 g/mol. The largest absolute Gasteiger partial charge is 0.401 e. The van der Waals surface area contributed by atoms with Crippen molar-refractivity contribution in [1.82, 2.24) is 10.2 Å². The number of halogens is 3. The van der Waals surface area contributed by atoms with Gasteiger partial charge in [-0.25, -0.2) is 0 Å². The van der Waals surface area contributed by atoms with Crippen LogP contribution < -0.4 is 5.32 Å². The summed E-state index contributed by atoms with van der Waals surface area (Å²) in [6.07, 6.45) is -1.55. The van der Waals surface area contributed by atoms with Gasteiger partial charge in [0.15, 0.2) is 0 Å². The van der Waals surface area contributed by atoms with Crippen LogP contribution in [-0.4, -0.2) is 57.0 Å². The first-order valence-electron chi connectivity index (χ1n) is 7.48. The van der Waals surface area contributed by atoms with E-state index in [4.69, 9.17) is 4.74 Å². The van der Waals surface area contributed by atoms with Gasteiger partial charge in [-0.2, -0.15) is 13.2 Å². The minimum absolute atomic E-state index is 0.186. The maximum Gasteiger partial charge on any atom is 0.401 e. The fraction of sp³-hybridized carbons (Fsp3) is 1.00. The number of hydrogen-bond donors (Lipinski definition) is 1. The molecule has 0 aromatic carbocycles. The molecule has 0 aliphatic carbocycles. The zero-order valence-corrected chi connectivity index (χ0v) is 12.6. The van der Waals surface area contributed by atoms with E-state index in [0.29, 0.717) is 19.7 Å². The van der Waals surface area contributed by atoms with Crippen LogP contribution in [0, 0.1) is 5.41 Å². The Morgan fingerprint density at radius 3 is 2.55 bits per heavy atom. The van der Waals surface area contributed by atoms with E-state index in [1.165, 1.54) is 4.90 Å². The molecule has 1 N–H and O–H groups in total. The first-order chi connectivity index (χ1) is 9.41. The van der Waals surface area contributed by atoms with Gasteiger partial charge in [-0.1, -0.05) is 13.8 Å². The summed E-state index contributed by atoms with van der Waals surface area (Å²) in [5, 5.41) is 3.28. The fourth-order valence-electron chi connectivity index (χ4n) is 2.88. The molecule has 1 rings (SSSR count). The molecule has 0 bridgehead atoms. The molecule has 0 spiro atoms. The zero-order valence-electron chi connectivity index (χ0n) is 12.6. The Morgan fingerprint density at radius 2 is 2.05 bits per heavy atom. The molecule has 1 aliphatic rings. The van der Waals surface area contributed by atoms with Crippen molar-refractivity contribution in [3.05, 3.63) is 0 Å². The fourth-order valence-corrected chi connectivity index (χ4v) is 2.88. The number of nitrogens with one attached hydrogen (secondary N) is 1. The molecule has 1 unspecified atom stereocenters. The predicted octanol–water partition coefficient (Wildman–Crippen LogP) is 2.67. The first-order valence-corrected chi connectivity index (χ1v) is 7.48. The number of rotatable bonds is 8. The van der Waals surface area contributed by atoms with Crippen LogP contribution in [0.4, 0.5) is 13.2 Å². The molecule has 1 aliphatic heterocycles. The van der Waals surface area contributed by atoms with Crippen LogP contribution in [0.2, 0.25) is 0 Å². The maximum absolute atomic E-state index is 12.7. The van der Waals surface area contributed by atoms with Crippen molar-refractivity contribution in [2.75, 3.05) is 45.9 Å². The summed E-state index contributed by atoms with van der Waals surface area (Å²) in [5.41, 5.74) is -0.186. The lowest BCUT2D eigenvalue weighted by molar-refractivity contribution is -0.152. The predicted molar refractivity (Wildman–Crippen MR) is 73.8 cm³/mol. The minimum atomic E-state index is -4.13. The highest BCUT2D eigenvalue weighted by atomic mass is 19.4. The van der Waals surface area contributed by atoms with Gasteiger partial charge in [0.2, 0.25) is 0 Å². The van der Waals surface area contributed by atoms with E-state index in [-0.39, 0.29) is 5.41 Å². The molecule has 1 saturated heterocycles. The van der Waals surface area contributed by atoms with E-state index in [0.717, 1.165) is 39.0 Å². The van der Waals surface area contributed by atoms with Crippen LogP contribution in [0.3, 0.4) is 0 Å². The van der Waals surface area contributed by atoms with Gasteiger partial charge in [0.1, 0.15) is 0 Å². The maximum atomic E-state index is 12.7. The van der Waals surface area contributed by atoms with Crippen LogP contribution in [-0.2, 0) is 4.74 Å². The molecule has 0 saturated carbocycles. The molecule has 0 radical (unpaired) electrons. The molecule has 1 fully saturated rings. The van der Waals surface area contributed by atoms with Crippen molar-refractivity contribution >= 4 is 0 Å². The lowest BCUT2D eigenvalue weighted by atomic mass is 9.81. The second kappa shape index (κ2) is 8.20. The Morgan fingerprint density at radius 1 is 1.30 bits per heavy atom. The topological polar surface area (TPSA) is 24.5 Å². The third-order valence-corrected chi connectivity index (χ3v) is 3.66. The number of alkyl halides is 3. The van der Waals surface area contributed by atoms with E-state index < -0.39 is 12.7 Å². The van der Waals surface area contributed by atoms with Crippen LogP contribution in [0.5, 0.6) is 0 Å². The standard InChI is InChI=1S/C14H27F3N2O/c1-3-7-19(11-14(15,16)17)10-13(9-18-4-2)6-5-8-20-12-13/h18H,3-12H2,1-2H3. The lowest BCUT2D eigenvalue weighted by Gasteiger charge is -2.41. The Balaban J connectivity index is 2.67. The van der Waals surface area contributed by atoms with Crippen molar-refractivity contribution in [1.29, 1.82) is 0 Å². The molecule has 1 heterocycles. The molecule has 20 heavy (non-hydrogen) atoms. The number of hydrogen-bond acceptors (Lipinski definition) is 3. The molecular weight excluding hydrogens is 269 g/mol. The summed E-state index contributed by atoms with van der Waals surface area (Å²) in [6.45, 7) is 6.86. The smallest absolute Gasteiger partial charge is 0.381 e. The Kier molecular flexibility index (Phi) is 7.26. The summed E-state index contributed by atoms with van der Waals surface area (Å²) >= 11 is 0. The van der Waals surface area contributed by atoms with Gasteiger partial charge in [-0.05, 0) is 32.4 Å². The monoisotopic (exact) mass is 296 g/mol. The van der Waals surface area contributed by atoms with Gasteiger partial charge in [-0.3, -0.25) is 4.90 Å². The molecule has 3 nitrogen and oxygen atoms in total. The van der Waals surface area contributed by atoms with Crippen molar-refractivity contribution in [2.24, 2.45) is 5.41 Å². The highest BCUT2D eigenvalue weighted by molar-refractivity contribution is 4.87. The Bertz CT molecular complexity index is 266. The van der Waals surface area contributed by atoms with Gasteiger partial charge >= 0.3 is 6.18 Å². The summed E-state index contributed by atoms with van der Waals surface area (Å²) in [4.78, 5) is 1.53. The van der Waals surface area contributed by atoms with Gasteiger partial charge in [0, 0.05) is 25.1 Å². The second-order valence-corrected chi connectivity index (χ2v) is 5.76. The summed E-state index contributed by atoms with van der Waals surface area (Å²) < 4.78 is 43.6. The third-order valence-electron chi connectivity index (χ3n) is 3.66. The second-order valence-electron chi connectivity index (χ2n) is 5.76. The highest BCUT2D eigenvalue weighted by Gasteiger charge is 2.38. The Hall–Kier alpha value is -0.330. The van der Waals surface area contributed by atoms with E-state index in [1.807, 2.05) is 13.8 Å². The van der Waals surface area contributed by atoms with Crippen LogP contribution in [0.1, 0.15) is 33.1 Å². The molecule has 0 aromatic rings. The SMILES string of the molecule is CCCN(CC(F)(F)F)CC1(CNCC)CCCOC1. The molecule has 6 heteroatoms. The van der Waals surface area contributed by atoms with Crippen LogP contribution >= 0.6 is 0 Å². The summed E-state index contributed by atoms with van der Waals surface area (Å²) in [5.74, 6) is 0. The summed E-state index contributed by atoms with van der Waals surface area (Å²) in [7, 11) is 0. The van der Waals surface area contributed by atoms with Gasteiger partial charge in [0.05, 0.1) is 13.2 Å². The van der Waals surface area contributed by atoms with Crippen molar-refractivity contribution in [2.45, 2.75) is 39.3 Å². The third kappa shape index (κ3) is 6.41. The van der Waals surface area contributed by atoms with E-state index in [1.54, 1.807) is 0 Å². The quantitative estimate of drug-likeness (QED) is 0.745. The van der Waals surface area contributed by atoms with Crippen molar-refractivity contribution in [3.63, 3.8) is 0 Å². The van der Waals surface area contributed by atoms with Gasteiger partial charge < -0.3 is 10.1 Å². The van der Waals surface area contributed by atoms with Crippen molar-refractivity contribution in [3.8, 4) is 0 Å². The van der Waals surface area contributed by atoms with E-state index in [9.17, 15) is 13.2 Å². The van der Waals surface area contributed by atoms with Crippen molar-refractivity contribution < 1.29 is 17.9 Å². The molecule has 120 valence electrons. The zero-order chi connectivity index (χ0) is 15.1.